The molecule has 7 nitrogen and oxygen atoms in total. The molecule has 0 radical (unpaired) electrons. The molecular formula is C23H30FN5O2. The lowest BCUT2D eigenvalue weighted by atomic mass is 9.93. The summed E-state index contributed by atoms with van der Waals surface area (Å²) in [4.78, 5) is 11.6. The molecule has 2 fully saturated rings. The zero-order chi connectivity index (χ0) is 22.1. The second kappa shape index (κ2) is 8.69. The van der Waals surface area contributed by atoms with Crippen LogP contribution in [0.4, 0.5) is 4.39 Å². The molecule has 2 aliphatic rings. The highest BCUT2D eigenvalue weighted by Gasteiger charge is 2.29. The number of aromatic nitrogens is 4. The molecule has 5 rings (SSSR count). The Morgan fingerprint density at radius 1 is 1.26 bits per heavy atom. The minimum absolute atomic E-state index is 0.0281. The molecule has 0 spiro atoms. The Morgan fingerprint density at radius 3 is 2.68 bits per heavy atom. The van der Waals surface area contributed by atoms with Crippen molar-refractivity contribution in [2.75, 3.05) is 6.54 Å². The number of carbonyl (C=O) groups is 1. The predicted octanol–water partition coefficient (Wildman–Crippen LogP) is 4.23. The van der Waals surface area contributed by atoms with Gasteiger partial charge in [-0.05, 0) is 43.9 Å². The lowest BCUT2D eigenvalue weighted by Crippen LogP contribution is -2.25. The molecule has 1 amide bonds. The summed E-state index contributed by atoms with van der Waals surface area (Å²) in [6.45, 7) is 6.50. The van der Waals surface area contributed by atoms with Gasteiger partial charge in [-0.1, -0.05) is 13.8 Å². The third-order valence-electron chi connectivity index (χ3n) is 6.20. The molecule has 166 valence electrons. The first-order chi connectivity index (χ1) is 15.0. The highest BCUT2D eigenvalue weighted by molar-refractivity contribution is 5.90. The van der Waals surface area contributed by atoms with Gasteiger partial charge in [0.25, 0.3) is 0 Å². The minimum atomic E-state index is -0.431. The van der Waals surface area contributed by atoms with E-state index in [2.05, 4.69) is 15.5 Å². The van der Waals surface area contributed by atoms with Gasteiger partial charge in [-0.2, -0.15) is 14.6 Å². The first-order valence-electron chi connectivity index (χ1n) is 11.1. The van der Waals surface area contributed by atoms with Crippen molar-refractivity contribution >= 4 is 16.8 Å². The van der Waals surface area contributed by atoms with Crippen molar-refractivity contribution in [3.63, 3.8) is 0 Å². The molecule has 2 atom stereocenters. The molecule has 31 heavy (non-hydrogen) atoms. The molecule has 3 heterocycles. The van der Waals surface area contributed by atoms with Gasteiger partial charge in [0.1, 0.15) is 11.9 Å². The first kappa shape index (κ1) is 21.3. The maximum atomic E-state index is 14.7. The van der Waals surface area contributed by atoms with Gasteiger partial charge in [0.15, 0.2) is 0 Å². The zero-order valence-corrected chi connectivity index (χ0v) is 18.6. The predicted molar refractivity (Wildman–Crippen MR) is 117 cm³/mol. The number of carbonyl (C=O) groups excluding carboxylic acids is 1. The van der Waals surface area contributed by atoms with E-state index in [-0.39, 0.29) is 17.9 Å². The lowest BCUT2D eigenvalue weighted by molar-refractivity contribution is -0.119. The molecule has 8 heteroatoms. The van der Waals surface area contributed by atoms with Crippen molar-refractivity contribution in [2.24, 2.45) is 13.0 Å². The van der Waals surface area contributed by atoms with Gasteiger partial charge < -0.3 is 10.1 Å². The van der Waals surface area contributed by atoms with E-state index in [1.165, 1.54) is 11.1 Å². The van der Waals surface area contributed by atoms with Gasteiger partial charge in [-0.25, -0.2) is 4.68 Å². The van der Waals surface area contributed by atoms with E-state index in [9.17, 15) is 9.18 Å². The van der Waals surface area contributed by atoms with E-state index in [0.717, 1.165) is 24.0 Å². The van der Waals surface area contributed by atoms with Crippen molar-refractivity contribution in [1.82, 2.24) is 24.9 Å². The largest absolute Gasteiger partial charge is 0.489 e. The molecule has 3 aromatic rings. The standard InChI is InChI=1S/C21H24FN5O2.C2H6/c1-12(14-8-19(28)23-9-14)29-18-7-13(6-17-20(18)21(22)26(2)25-17)15-10-24-27(11-15)16-4-3-5-16;1-2/h6-7,10-12,14,16H,3-5,8-9H2,1-2H3,(H,23,28);1-2H3/t12-,14-;/m1./s1. The molecule has 2 aromatic heterocycles. The van der Waals surface area contributed by atoms with Gasteiger partial charge in [0.2, 0.25) is 11.9 Å². The summed E-state index contributed by atoms with van der Waals surface area (Å²) in [5, 5.41) is 12.0. The number of aryl methyl sites for hydroxylation is 1. The SMILES string of the molecule is CC.C[C@@H](Oc1cc(-c2cnn(C3CCC3)c2)cc2nn(C)c(F)c12)[C@H]1CNC(=O)C1. The second-order valence-electron chi connectivity index (χ2n) is 8.17. The number of rotatable bonds is 5. The van der Waals surface area contributed by atoms with Crippen LogP contribution in [-0.4, -0.2) is 38.1 Å². The van der Waals surface area contributed by atoms with Crippen molar-refractivity contribution in [2.45, 2.75) is 58.6 Å². The fraction of sp³-hybridized carbons (Fsp3) is 0.522. The Kier molecular flexibility index (Phi) is 5.98. The smallest absolute Gasteiger partial charge is 0.222 e. The molecule has 1 saturated heterocycles. The van der Waals surface area contributed by atoms with Crippen LogP contribution < -0.4 is 10.1 Å². The maximum Gasteiger partial charge on any atom is 0.222 e. The monoisotopic (exact) mass is 427 g/mol. The summed E-state index contributed by atoms with van der Waals surface area (Å²) < 4.78 is 24.2. The van der Waals surface area contributed by atoms with Crippen molar-refractivity contribution < 1.29 is 13.9 Å². The Balaban J connectivity index is 0.00000112. The van der Waals surface area contributed by atoms with Crippen molar-refractivity contribution in [3.8, 4) is 16.9 Å². The van der Waals surface area contributed by atoms with Gasteiger partial charge >= 0.3 is 0 Å². The van der Waals surface area contributed by atoms with Crippen molar-refractivity contribution in [3.05, 3.63) is 30.5 Å². The van der Waals surface area contributed by atoms with Gasteiger partial charge in [-0.3, -0.25) is 9.48 Å². The van der Waals surface area contributed by atoms with E-state index >= 15 is 0 Å². The number of fused-ring (bicyclic) bond motifs is 1. The molecule has 0 unspecified atom stereocenters. The lowest BCUT2D eigenvalue weighted by Gasteiger charge is -2.25. The number of nitrogens with zero attached hydrogens (tertiary/aromatic N) is 4. The maximum absolute atomic E-state index is 14.7. The third-order valence-corrected chi connectivity index (χ3v) is 6.20. The van der Waals surface area contributed by atoms with E-state index in [0.29, 0.717) is 35.7 Å². The van der Waals surface area contributed by atoms with Crippen LogP contribution in [0.3, 0.4) is 0 Å². The number of nitrogens with one attached hydrogen (secondary N) is 1. The quantitative estimate of drug-likeness (QED) is 0.661. The van der Waals surface area contributed by atoms with E-state index < -0.39 is 5.95 Å². The molecule has 1 aromatic carbocycles. The second-order valence-corrected chi connectivity index (χ2v) is 8.17. The summed E-state index contributed by atoms with van der Waals surface area (Å²) in [6.07, 6.45) is 7.63. The third kappa shape index (κ3) is 4.03. The Bertz CT molecular complexity index is 1090. The van der Waals surface area contributed by atoms with Gasteiger partial charge in [-0.15, -0.1) is 0 Å². The fourth-order valence-corrected chi connectivity index (χ4v) is 4.11. The number of amides is 1. The van der Waals surface area contributed by atoms with E-state index in [1.54, 1.807) is 7.05 Å². The number of hydrogen-bond donors (Lipinski definition) is 1. The first-order valence-corrected chi connectivity index (χ1v) is 11.1. The normalized spacial score (nSPS) is 19.5. The topological polar surface area (TPSA) is 74.0 Å². The molecular weight excluding hydrogens is 397 g/mol. The van der Waals surface area contributed by atoms with Crippen molar-refractivity contribution in [1.29, 1.82) is 0 Å². The van der Waals surface area contributed by atoms with Gasteiger partial charge in [0, 0.05) is 37.7 Å². The Hall–Kier alpha value is -2.90. The Morgan fingerprint density at radius 2 is 2.03 bits per heavy atom. The summed E-state index contributed by atoms with van der Waals surface area (Å²) >= 11 is 0. The van der Waals surface area contributed by atoms with Crippen LogP contribution in [0, 0.1) is 11.9 Å². The van der Waals surface area contributed by atoms with Crippen LogP contribution in [0.2, 0.25) is 0 Å². The van der Waals surface area contributed by atoms with Crippen LogP contribution in [0.15, 0.2) is 24.5 Å². The Labute approximate surface area is 181 Å². The summed E-state index contributed by atoms with van der Waals surface area (Å²) in [7, 11) is 1.58. The van der Waals surface area contributed by atoms with Crippen LogP contribution in [-0.2, 0) is 11.8 Å². The van der Waals surface area contributed by atoms with Crippen LogP contribution in [0.25, 0.3) is 22.0 Å². The number of ether oxygens (including phenoxy) is 1. The number of benzene rings is 1. The van der Waals surface area contributed by atoms with Crippen LogP contribution in [0.1, 0.15) is 52.5 Å². The molecule has 1 aliphatic heterocycles. The fourth-order valence-electron chi connectivity index (χ4n) is 4.11. The summed E-state index contributed by atoms with van der Waals surface area (Å²) in [6, 6.07) is 4.21. The summed E-state index contributed by atoms with van der Waals surface area (Å²) in [5.74, 6) is 0.105. The highest BCUT2D eigenvalue weighted by Crippen LogP contribution is 2.37. The number of halogens is 1. The average Bonchev–Trinajstić information content (AvgIpc) is 3.43. The zero-order valence-electron chi connectivity index (χ0n) is 18.6. The molecule has 1 saturated carbocycles. The average molecular weight is 428 g/mol. The highest BCUT2D eigenvalue weighted by atomic mass is 19.1. The molecule has 0 bridgehead atoms. The molecule has 1 N–H and O–H groups in total. The number of hydrogen-bond acceptors (Lipinski definition) is 4. The summed E-state index contributed by atoms with van der Waals surface area (Å²) in [5.41, 5.74) is 2.39. The minimum Gasteiger partial charge on any atom is -0.489 e. The van der Waals surface area contributed by atoms with Crippen LogP contribution in [0.5, 0.6) is 5.75 Å². The van der Waals surface area contributed by atoms with E-state index in [1.807, 2.05) is 50.0 Å². The van der Waals surface area contributed by atoms with Gasteiger partial charge in [0.05, 0.1) is 23.1 Å². The molecule has 1 aliphatic carbocycles. The van der Waals surface area contributed by atoms with Crippen LogP contribution >= 0.6 is 0 Å². The van der Waals surface area contributed by atoms with E-state index in [4.69, 9.17) is 4.74 Å².